The molecule has 6 atom stereocenters. The van der Waals surface area contributed by atoms with Crippen LogP contribution in [0, 0.1) is 11.8 Å². The second kappa shape index (κ2) is 7.06. The minimum absolute atomic E-state index is 0.697. The highest BCUT2D eigenvalue weighted by Crippen LogP contribution is 2.35. The van der Waals surface area contributed by atoms with Gasteiger partial charge in [0.2, 0.25) is 0 Å². The van der Waals surface area contributed by atoms with Gasteiger partial charge in [-0.3, -0.25) is 4.90 Å². The molecule has 0 aliphatic carbocycles. The summed E-state index contributed by atoms with van der Waals surface area (Å²) in [7, 11) is 2.95. The van der Waals surface area contributed by atoms with Gasteiger partial charge in [-0.1, -0.05) is 25.8 Å². The summed E-state index contributed by atoms with van der Waals surface area (Å²) >= 11 is 0. The highest BCUT2D eigenvalue weighted by atomic mass is 31.0. The standard InChI is InChI=1S/C16H32NP/c1-7-15-10-17(13(15)5)14(6)16(8-11(2)3)9-12(4)18/h12-16H,2,7-10,18H2,1,3-6H3. The Kier molecular flexibility index (Phi) is 6.35. The van der Waals surface area contributed by atoms with Gasteiger partial charge < -0.3 is 0 Å². The Morgan fingerprint density at radius 1 is 1.44 bits per heavy atom. The molecule has 1 aliphatic heterocycles. The van der Waals surface area contributed by atoms with Crippen molar-refractivity contribution in [1.82, 2.24) is 4.90 Å². The molecule has 1 fully saturated rings. The van der Waals surface area contributed by atoms with E-state index in [1.54, 1.807) is 0 Å². The van der Waals surface area contributed by atoms with Crippen LogP contribution < -0.4 is 0 Å². The van der Waals surface area contributed by atoms with Crippen molar-refractivity contribution in [1.29, 1.82) is 0 Å². The molecule has 0 aromatic carbocycles. The van der Waals surface area contributed by atoms with Gasteiger partial charge in [0.05, 0.1) is 0 Å². The molecule has 0 aromatic heterocycles. The van der Waals surface area contributed by atoms with Gasteiger partial charge in [0.15, 0.2) is 0 Å². The third-order valence-corrected chi connectivity index (χ3v) is 4.94. The van der Waals surface area contributed by atoms with E-state index in [2.05, 4.69) is 55.3 Å². The van der Waals surface area contributed by atoms with Crippen molar-refractivity contribution >= 4 is 9.24 Å². The topological polar surface area (TPSA) is 3.24 Å². The van der Waals surface area contributed by atoms with Crippen molar-refractivity contribution in [2.24, 2.45) is 11.8 Å². The van der Waals surface area contributed by atoms with Crippen LogP contribution in [0.25, 0.3) is 0 Å². The highest BCUT2D eigenvalue weighted by molar-refractivity contribution is 7.17. The quantitative estimate of drug-likeness (QED) is 0.491. The summed E-state index contributed by atoms with van der Waals surface area (Å²) in [4.78, 5) is 2.70. The molecule has 1 aliphatic rings. The Balaban J connectivity index is 2.59. The van der Waals surface area contributed by atoms with E-state index in [1.807, 2.05) is 0 Å². The van der Waals surface area contributed by atoms with Crippen LogP contribution in [0.4, 0.5) is 0 Å². The maximum atomic E-state index is 4.11. The molecular formula is C16H32NP. The number of hydrogen-bond donors (Lipinski definition) is 0. The molecule has 1 saturated heterocycles. The van der Waals surface area contributed by atoms with E-state index in [4.69, 9.17) is 0 Å². The molecule has 1 nitrogen and oxygen atoms in total. The van der Waals surface area contributed by atoms with E-state index in [-0.39, 0.29) is 0 Å². The summed E-state index contributed by atoms with van der Waals surface area (Å²) in [6.45, 7) is 17.0. The lowest BCUT2D eigenvalue weighted by atomic mass is 9.81. The van der Waals surface area contributed by atoms with Gasteiger partial charge in [-0.15, -0.1) is 15.8 Å². The fourth-order valence-corrected chi connectivity index (χ4v) is 3.73. The minimum atomic E-state index is 0.697. The van der Waals surface area contributed by atoms with Crippen molar-refractivity contribution in [2.75, 3.05) is 6.54 Å². The molecular weight excluding hydrogens is 237 g/mol. The van der Waals surface area contributed by atoms with E-state index in [0.29, 0.717) is 11.7 Å². The molecule has 0 bridgehead atoms. The van der Waals surface area contributed by atoms with Crippen LogP contribution in [0.3, 0.4) is 0 Å². The monoisotopic (exact) mass is 269 g/mol. The first-order chi connectivity index (χ1) is 8.36. The van der Waals surface area contributed by atoms with E-state index >= 15 is 0 Å². The third kappa shape index (κ3) is 4.07. The molecule has 0 spiro atoms. The van der Waals surface area contributed by atoms with Crippen LogP contribution in [0.15, 0.2) is 12.2 Å². The molecule has 18 heavy (non-hydrogen) atoms. The second-order valence-corrected chi connectivity index (χ2v) is 7.62. The van der Waals surface area contributed by atoms with Crippen molar-refractivity contribution < 1.29 is 0 Å². The van der Waals surface area contributed by atoms with Crippen molar-refractivity contribution in [3.63, 3.8) is 0 Å². The SMILES string of the molecule is C=C(C)CC(CC(C)P)C(C)N1CC(CC)C1C. The number of hydrogen-bond acceptors (Lipinski definition) is 1. The largest absolute Gasteiger partial charge is 0.297 e. The number of allylic oxidation sites excluding steroid dienone is 1. The molecule has 6 unspecified atom stereocenters. The lowest BCUT2D eigenvalue weighted by Crippen LogP contribution is -2.59. The minimum Gasteiger partial charge on any atom is -0.297 e. The van der Waals surface area contributed by atoms with E-state index in [0.717, 1.165) is 17.9 Å². The highest BCUT2D eigenvalue weighted by Gasteiger charge is 2.39. The predicted octanol–water partition coefficient (Wildman–Crippen LogP) is 4.34. The van der Waals surface area contributed by atoms with Crippen molar-refractivity contribution in [3.05, 3.63) is 12.2 Å². The van der Waals surface area contributed by atoms with Gasteiger partial charge in [-0.25, -0.2) is 0 Å². The van der Waals surface area contributed by atoms with E-state index in [9.17, 15) is 0 Å². The molecule has 106 valence electrons. The van der Waals surface area contributed by atoms with Crippen molar-refractivity contribution in [2.45, 2.75) is 71.6 Å². The fraction of sp³-hybridized carbons (Fsp3) is 0.875. The normalized spacial score (nSPS) is 29.4. The van der Waals surface area contributed by atoms with Gasteiger partial charge in [0.1, 0.15) is 0 Å². The lowest BCUT2D eigenvalue weighted by Gasteiger charge is -2.52. The Bertz CT molecular complexity index is 274. The van der Waals surface area contributed by atoms with E-state index in [1.165, 1.54) is 31.4 Å². The Labute approximate surface area is 117 Å². The first-order valence-electron chi connectivity index (χ1n) is 7.52. The van der Waals surface area contributed by atoms with Gasteiger partial charge in [0.25, 0.3) is 0 Å². The average molecular weight is 269 g/mol. The maximum absolute atomic E-state index is 4.11. The Hall–Kier alpha value is 0.130. The summed E-state index contributed by atoms with van der Waals surface area (Å²) in [5.74, 6) is 1.68. The molecule has 0 N–H and O–H groups in total. The second-order valence-electron chi connectivity index (χ2n) is 6.48. The first-order valence-corrected chi connectivity index (χ1v) is 8.19. The van der Waals surface area contributed by atoms with Crippen LogP contribution in [-0.4, -0.2) is 29.2 Å². The van der Waals surface area contributed by atoms with Crippen LogP contribution in [0.1, 0.15) is 53.9 Å². The number of likely N-dealkylation sites (tertiary alicyclic amines) is 1. The molecule has 0 radical (unpaired) electrons. The maximum Gasteiger partial charge on any atom is 0.0110 e. The van der Waals surface area contributed by atoms with Crippen LogP contribution in [-0.2, 0) is 0 Å². The van der Waals surface area contributed by atoms with Gasteiger partial charge >= 0.3 is 0 Å². The smallest absolute Gasteiger partial charge is 0.0110 e. The molecule has 1 rings (SSSR count). The van der Waals surface area contributed by atoms with Crippen LogP contribution in [0.5, 0.6) is 0 Å². The molecule has 0 amide bonds. The zero-order chi connectivity index (χ0) is 13.9. The summed E-state index contributed by atoms with van der Waals surface area (Å²) in [6, 6.07) is 1.47. The Morgan fingerprint density at radius 3 is 2.44 bits per heavy atom. The van der Waals surface area contributed by atoms with Gasteiger partial charge in [-0.2, -0.15) is 0 Å². The zero-order valence-electron chi connectivity index (χ0n) is 12.9. The zero-order valence-corrected chi connectivity index (χ0v) is 14.1. The number of nitrogens with zero attached hydrogens (tertiary/aromatic N) is 1. The summed E-state index contributed by atoms with van der Waals surface area (Å²) in [5, 5.41) is 0. The van der Waals surface area contributed by atoms with Crippen LogP contribution in [0.2, 0.25) is 0 Å². The summed E-state index contributed by atoms with van der Waals surface area (Å²) in [6.07, 6.45) is 3.80. The predicted molar refractivity (Wildman–Crippen MR) is 86.1 cm³/mol. The van der Waals surface area contributed by atoms with E-state index < -0.39 is 0 Å². The first kappa shape index (κ1) is 16.2. The van der Waals surface area contributed by atoms with Gasteiger partial charge in [-0.05, 0) is 51.1 Å². The molecule has 2 heteroatoms. The summed E-state index contributed by atoms with van der Waals surface area (Å²) in [5.41, 5.74) is 2.04. The number of rotatable bonds is 7. The Morgan fingerprint density at radius 2 is 2.06 bits per heavy atom. The van der Waals surface area contributed by atoms with Crippen molar-refractivity contribution in [3.8, 4) is 0 Å². The fourth-order valence-electron chi connectivity index (χ4n) is 3.38. The third-order valence-electron chi connectivity index (χ3n) is 4.67. The molecule has 1 heterocycles. The lowest BCUT2D eigenvalue weighted by molar-refractivity contribution is -0.0289. The van der Waals surface area contributed by atoms with Gasteiger partial charge in [0, 0.05) is 18.6 Å². The summed E-state index contributed by atoms with van der Waals surface area (Å²) < 4.78 is 0. The molecule has 0 aromatic rings. The molecule has 0 saturated carbocycles. The van der Waals surface area contributed by atoms with Crippen LogP contribution >= 0.6 is 9.24 Å². The average Bonchev–Trinajstić information content (AvgIpc) is 2.25.